The summed E-state index contributed by atoms with van der Waals surface area (Å²) in [5.74, 6) is 2.09. The molecule has 0 aliphatic carbocycles. The number of likely N-dealkylation sites (tertiary alicyclic amines) is 1. The van der Waals surface area contributed by atoms with E-state index < -0.39 is 0 Å². The van der Waals surface area contributed by atoms with E-state index >= 15 is 0 Å². The largest absolute Gasteiger partial charge is 0.331 e. The van der Waals surface area contributed by atoms with Crippen LogP contribution in [0.15, 0.2) is 42.7 Å². The molecule has 3 aromatic heterocycles. The van der Waals surface area contributed by atoms with Gasteiger partial charge in [-0.2, -0.15) is 5.10 Å². The highest BCUT2D eigenvalue weighted by atomic mass is 16.2. The number of pyridine rings is 1. The SMILES string of the molecule is Cc1nc(Nc2ncccc2C)cc(C2CCCN2C(=O)C=Cc2ccnn2C)n1. The van der Waals surface area contributed by atoms with Crippen LogP contribution in [0, 0.1) is 13.8 Å². The molecule has 0 saturated carbocycles. The summed E-state index contributed by atoms with van der Waals surface area (Å²) in [5.41, 5.74) is 2.76. The summed E-state index contributed by atoms with van der Waals surface area (Å²) in [4.78, 5) is 28.3. The van der Waals surface area contributed by atoms with E-state index in [1.807, 2.05) is 50.1 Å². The smallest absolute Gasteiger partial charge is 0.247 e. The Morgan fingerprint density at radius 1 is 1.23 bits per heavy atom. The lowest BCUT2D eigenvalue weighted by atomic mass is 10.1. The zero-order valence-corrected chi connectivity index (χ0v) is 17.4. The van der Waals surface area contributed by atoms with Crippen LogP contribution in [0.2, 0.25) is 0 Å². The lowest BCUT2D eigenvalue weighted by Gasteiger charge is -2.23. The van der Waals surface area contributed by atoms with Gasteiger partial charge >= 0.3 is 0 Å². The Morgan fingerprint density at radius 2 is 2.10 bits per heavy atom. The number of aryl methyl sites for hydroxylation is 3. The van der Waals surface area contributed by atoms with Gasteiger partial charge in [-0.05, 0) is 50.5 Å². The van der Waals surface area contributed by atoms with E-state index in [9.17, 15) is 4.79 Å². The molecule has 4 heterocycles. The fraction of sp³-hybridized carbons (Fsp3) is 0.318. The number of hydrogen-bond acceptors (Lipinski definition) is 6. The molecule has 154 valence electrons. The van der Waals surface area contributed by atoms with Crippen LogP contribution in [0.3, 0.4) is 0 Å². The molecule has 4 rings (SSSR count). The van der Waals surface area contributed by atoms with Crippen LogP contribution in [0.25, 0.3) is 6.08 Å². The van der Waals surface area contributed by atoms with Crippen molar-refractivity contribution in [3.05, 3.63) is 65.5 Å². The molecule has 1 aliphatic rings. The van der Waals surface area contributed by atoms with E-state index in [2.05, 4.69) is 25.4 Å². The van der Waals surface area contributed by atoms with E-state index in [0.717, 1.165) is 35.6 Å². The molecule has 1 saturated heterocycles. The average Bonchev–Trinajstić information content (AvgIpc) is 3.37. The molecule has 1 atom stereocenters. The molecule has 30 heavy (non-hydrogen) atoms. The van der Waals surface area contributed by atoms with Gasteiger partial charge in [-0.25, -0.2) is 15.0 Å². The number of carbonyl (C=O) groups excluding carboxylic acids is 1. The number of rotatable bonds is 5. The topological polar surface area (TPSA) is 88.8 Å². The Bertz CT molecular complexity index is 1090. The van der Waals surface area contributed by atoms with Crippen LogP contribution in [-0.2, 0) is 11.8 Å². The van der Waals surface area contributed by atoms with Gasteiger partial charge in [-0.1, -0.05) is 6.07 Å². The monoisotopic (exact) mass is 403 g/mol. The highest BCUT2D eigenvalue weighted by Crippen LogP contribution is 2.32. The van der Waals surface area contributed by atoms with E-state index in [1.165, 1.54) is 0 Å². The van der Waals surface area contributed by atoms with Crippen LogP contribution < -0.4 is 5.32 Å². The first-order valence-electron chi connectivity index (χ1n) is 10.0. The highest BCUT2D eigenvalue weighted by molar-refractivity contribution is 5.92. The summed E-state index contributed by atoms with van der Waals surface area (Å²) in [5, 5.41) is 7.41. The van der Waals surface area contributed by atoms with E-state index in [4.69, 9.17) is 0 Å². The van der Waals surface area contributed by atoms with Crippen molar-refractivity contribution in [3.63, 3.8) is 0 Å². The van der Waals surface area contributed by atoms with Crippen molar-refractivity contribution in [1.29, 1.82) is 0 Å². The Hall–Kier alpha value is -3.55. The molecule has 0 spiro atoms. The number of hydrogen-bond donors (Lipinski definition) is 1. The number of nitrogens with one attached hydrogen (secondary N) is 1. The van der Waals surface area contributed by atoms with Crippen LogP contribution in [0.4, 0.5) is 11.6 Å². The van der Waals surface area contributed by atoms with Crippen molar-refractivity contribution in [2.75, 3.05) is 11.9 Å². The highest BCUT2D eigenvalue weighted by Gasteiger charge is 2.30. The maximum absolute atomic E-state index is 12.9. The Kier molecular flexibility index (Phi) is 5.56. The standard InChI is InChI=1S/C22H25N7O/c1-15-6-4-11-23-22(15)27-20-14-18(25-16(2)26-20)19-7-5-13-29(19)21(30)9-8-17-10-12-24-28(17)3/h4,6,8-12,14,19H,5,7,13H2,1-3H3,(H,23,25,26,27). The lowest BCUT2D eigenvalue weighted by Crippen LogP contribution is -2.29. The summed E-state index contributed by atoms with van der Waals surface area (Å²) in [6.07, 6.45) is 8.69. The number of amides is 1. The van der Waals surface area contributed by atoms with E-state index in [-0.39, 0.29) is 11.9 Å². The summed E-state index contributed by atoms with van der Waals surface area (Å²) in [6, 6.07) is 7.62. The van der Waals surface area contributed by atoms with Gasteiger partial charge in [-0.3, -0.25) is 9.48 Å². The van der Waals surface area contributed by atoms with Gasteiger partial charge in [0, 0.05) is 38.1 Å². The van der Waals surface area contributed by atoms with Crippen LogP contribution in [0.5, 0.6) is 0 Å². The Morgan fingerprint density at radius 3 is 2.87 bits per heavy atom. The first-order valence-corrected chi connectivity index (χ1v) is 10.0. The normalized spacial score (nSPS) is 16.4. The third-order valence-electron chi connectivity index (χ3n) is 5.25. The molecule has 1 fully saturated rings. The molecule has 0 bridgehead atoms. The maximum atomic E-state index is 12.9. The zero-order valence-electron chi connectivity index (χ0n) is 17.4. The van der Waals surface area contributed by atoms with Crippen molar-refractivity contribution in [1.82, 2.24) is 29.6 Å². The third kappa shape index (κ3) is 4.22. The Balaban J connectivity index is 1.55. The second-order valence-corrected chi connectivity index (χ2v) is 7.42. The molecule has 1 aliphatic heterocycles. The van der Waals surface area contributed by atoms with Gasteiger partial charge in [0.15, 0.2) is 0 Å². The number of aromatic nitrogens is 5. The predicted octanol–water partition coefficient (Wildman–Crippen LogP) is 3.34. The van der Waals surface area contributed by atoms with E-state index in [1.54, 1.807) is 29.2 Å². The number of carbonyl (C=O) groups is 1. The van der Waals surface area contributed by atoms with Crippen LogP contribution in [-0.4, -0.2) is 42.1 Å². The Labute approximate surface area is 175 Å². The van der Waals surface area contributed by atoms with Gasteiger partial charge in [0.1, 0.15) is 17.5 Å². The molecular weight excluding hydrogens is 378 g/mol. The third-order valence-corrected chi connectivity index (χ3v) is 5.25. The fourth-order valence-electron chi connectivity index (χ4n) is 3.70. The second-order valence-electron chi connectivity index (χ2n) is 7.42. The minimum Gasteiger partial charge on any atom is -0.331 e. The van der Waals surface area contributed by atoms with Crippen molar-refractivity contribution in [2.45, 2.75) is 32.7 Å². The molecule has 3 aromatic rings. The van der Waals surface area contributed by atoms with Crippen molar-refractivity contribution < 1.29 is 4.79 Å². The van der Waals surface area contributed by atoms with Crippen molar-refractivity contribution in [2.24, 2.45) is 7.05 Å². The second kappa shape index (κ2) is 8.44. The fourth-order valence-corrected chi connectivity index (χ4v) is 3.70. The molecule has 0 aromatic carbocycles. The van der Waals surface area contributed by atoms with Gasteiger partial charge in [0.05, 0.1) is 17.4 Å². The summed E-state index contributed by atoms with van der Waals surface area (Å²) < 4.78 is 1.73. The quantitative estimate of drug-likeness (QED) is 0.657. The van der Waals surface area contributed by atoms with Crippen molar-refractivity contribution in [3.8, 4) is 0 Å². The lowest BCUT2D eigenvalue weighted by molar-refractivity contribution is -0.126. The molecule has 8 heteroatoms. The number of nitrogens with zero attached hydrogens (tertiary/aromatic N) is 6. The van der Waals surface area contributed by atoms with Gasteiger partial charge in [-0.15, -0.1) is 0 Å². The van der Waals surface area contributed by atoms with Crippen LogP contribution in [0.1, 0.15) is 41.7 Å². The van der Waals surface area contributed by atoms with Gasteiger partial charge in [0.25, 0.3) is 0 Å². The van der Waals surface area contributed by atoms with Crippen LogP contribution >= 0.6 is 0 Å². The molecule has 1 N–H and O–H groups in total. The summed E-state index contributed by atoms with van der Waals surface area (Å²) >= 11 is 0. The van der Waals surface area contributed by atoms with Gasteiger partial charge in [0.2, 0.25) is 5.91 Å². The average molecular weight is 403 g/mol. The summed E-state index contributed by atoms with van der Waals surface area (Å²) in [6.45, 7) is 4.57. The van der Waals surface area contributed by atoms with E-state index in [0.29, 0.717) is 18.2 Å². The number of anilines is 2. The molecular formula is C22H25N7O. The first kappa shape index (κ1) is 19.8. The minimum atomic E-state index is -0.0687. The summed E-state index contributed by atoms with van der Waals surface area (Å²) in [7, 11) is 1.85. The molecule has 0 radical (unpaired) electrons. The molecule has 8 nitrogen and oxygen atoms in total. The minimum absolute atomic E-state index is 0.0231. The maximum Gasteiger partial charge on any atom is 0.247 e. The predicted molar refractivity (Wildman–Crippen MR) is 115 cm³/mol. The van der Waals surface area contributed by atoms with Gasteiger partial charge < -0.3 is 10.2 Å². The molecule has 1 amide bonds. The molecule has 1 unspecified atom stereocenters. The zero-order chi connectivity index (χ0) is 21.1. The first-order chi connectivity index (χ1) is 14.5. The van der Waals surface area contributed by atoms with Crippen molar-refractivity contribution >= 4 is 23.6 Å².